The Kier molecular flexibility index (Phi) is 6.65. The van der Waals surface area contributed by atoms with E-state index in [-0.39, 0.29) is 24.6 Å². The number of nitrogens with one attached hydrogen (secondary N) is 1. The SMILES string of the molecule is Cn1cc(C2CN(C(=O)NC(CCC(=O)O)Cc3ccccc3)CCO2)cn1. The number of ether oxygens (including phenoxy) is 1. The van der Waals surface area contributed by atoms with Gasteiger partial charge in [0.2, 0.25) is 0 Å². The number of hydrogen-bond donors (Lipinski definition) is 2. The normalized spacial score (nSPS) is 17.9. The highest BCUT2D eigenvalue weighted by molar-refractivity contribution is 5.75. The van der Waals surface area contributed by atoms with Crippen LogP contribution in [0, 0.1) is 0 Å². The zero-order chi connectivity index (χ0) is 19.9. The summed E-state index contributed by atoms with van der Waals surface area (Å²) in [6.45, 7) is 1.39. The second-order valence-electron chi connectivity index (χ2n) is 7.02. The predicted octanol–water partition coefficient (Wildman–Crippen LogP) is 1.98. The Morgan fingerprint density at radius 2 is 2.14 bits per heavy atom. The van der Waals surface area contributed by atoms with Gasteiger partial charge in [-0.25, -0.2) is 4.79 Å². The maximum atomic E-state index is 12.8. The average molecular weight is 386 g/mol. The number of morpholine rings is 1. The summed E-state index contributed by atoms with van der Waals surface area (Å²) in [6, 6.07) is 9.33. The largest absolute Gasteiger partial charge is 0.481 e. The molecule has 8 nitrogen and oxygen atoms in total. The first-order chi connectivity index (χ1) is 13.5. The molecule has 1 fully saturated rings. The van der Waals surface area contributed by atoms with Crippen molar-refractivity contribution >= 4 is 12.0 Å². The Bertz CT molecular complexity index is 793. The van der Waals surface area contributed by atoms with E-state index in [1.807, 2.05) is 43.6 Å². The molecular formula is C20H26N4O4. The molecule has 1 aromatic heterocycles. The maximum Gasteiger partial charge on any atom is 0.317 e. The molecule has 2 aromatic rings. The molecule has 150 valence electrons. The number of rotatable bonds is 7. The Morgan fingerprint density at radius 1 is 1.36 bits per heavy atom. The lowest BCUT2D eigenvalue weighted by Crippen LogP contribution is -2.50. The number of benzene rings is 1. The Hall–Kier alpha value is -2.87. The van der Waals surface area contributed by atoms with E-state index in [1.54, 1.807) is 15.8 Å². The molecule has 1 saturated heterocycles. The summed E-state index contributed by atoms with van der Waals surface area (Å²) in [5, 5.41) is 16.2. The lowest BCUT2D eigenvalue weighted by Gasteiger charge is -2.33. The summed E-state index contributed by atoms with van der Waals surface area (Å²) >= 11 is 0. The van der Waals surface area contributed by atoms with Gasteiger partial charge in [-0.15, -0.1) is 0 Å². The maximum absolute atomic E-state index is 12.8. The van der Waals surface area contributed by atoms with Crippen molar-refractivity contribution < 1.29 is 19.4 Å². The van der Waals surface area contributed by atoms with Crippen LogP contribution in [-0.2, 0) is 23.0 Å². The molecule has 0 radical (unpaired) electrons. The number of aromatic nitrogens is 2. The van der Waals surface area contributed by atoms with Gasteiger partial charge in [-0.2, -0.15) is 5.10 Å². The fraction of sp³-hybridized carbons (Fsp3) is 0.450. The zero-order valence-electron chi connectivity index (χ0n) is 16.0. The quantitative estimate of drug-likeness (QED) is 0.758. The van der Waals surface area contributed by atoms with Gasteiger partial charge in [0.15, 0.2) is 0 Å². The zero-order valence-corrected chi connectivity index (χ0v) is 16.0. The Morgan fingerprint density at radius 3 is 2.82 bits per heavy atom. The van der Waals surface area contributed by atoms with Crippen LogP contribution in [0.25, 0.3) is 0 Å². The monoisotopic (exact) mass is 386 g/mol. The molecule has 28 heavy (non-hydrogen) atoms. The van der Waals surface area contributed by atoms with Crippen LogP contribution in [0.15, 0.2) is 42.7 Å². The highest BCUT2D eigenvalue weighted by atomic mass is 16.5. The van der Waals surface area contributed by atoms with Gasteiger partial charge in [0.1, 0.15) is 6.10 Å². The minimum Gasteiger partial charge on any atom is -0.481 e. The van der Waals surface area contributed by atoms with Crippen LogP contribution < -0.4 is 5.32 Å². The highest BCUT2D eigenvalue weighted by Gasteiger charge is 2.27. The minimum absolute atomic E-state index is 0.0131. The molecule has 2 heterocycles. The summed E-state index contributed by atoms with van der Waals surface area (Å²) in [7, 11) is 1.84. The van der Waals surface area contributed by atoms with Gasteiger partial charge in [-0.3, -0.25) is 9.48 Å². The fourth-order valence-corrected chi connectivity index (χ4v) is 3.33. The summed E-state index contributed by atoms with van der Waals surface area (Å²) in [4.78, 5) is 25.5. The molecule has 1 aliphatic rings. The Balaban J connectivity index is 1.62. The lowest BCUT2D eigenvalue weighted by atomic mass is 10.0. The molecule has 0 bridgehead atoms. The van der Waals surface area contributed by atoms with E-state index >= 15 is 0 Å². The van der Waals surface area contributed by atoms with Crippen molar-refractivity contribution in [2.24, 2.45) is 7.05 Å². The van der Waals surface area contributed by atoms with E-state index < -0.39 is 5.97 Å². The predicted molar refractivity (Wildman–Crippen MR) is 103 cm³/mol. The van der Waals surface area contributed by atoms with Crippen LogP contribution in [0.5, 0.6) is 0 Å². The third-order valence-electron chi connectivity index (χ3n) is 4.81. The molecule has 1 aliphatic heterocycles. The second kappa shape index (κ2) is 9.36. The number of amides is 2. The fourth-order valence-electron chi connectivity index (χ4n) is 3.33. The summed E-state index contributed by atoms with van der Waals surface area (Å²) in [5.74, 6) is -0.865. The smallest absolute Gasteiger partial charge is 0.317 e. The molecule has 1 aromatic carbocycles. The van der Waals surface area contributed by atoms with Crippen molar-refractivity contribution in [2.45, 2.75) is 31.4 Å². The van der Waals surface area contributed by atoms with Crippen molar-refractivity contribution in [2.75, 3.05) is 19.7 Å². The summed E-state index contributed by atoms with van der Waals surface area (Å²) < 4.78 is 7.49. The number of nitrogens with zero attached hydrogens (tertiary/aromatic N) is 3. The van der Waals surface area contributed by atoms with Gasteiger partial charge in [0.05, 0.1) is 19.3 Å². The number of carboxylic acids is 1. The molecule has 2 amide bonds. The first kappa shape index (κ1) is 19.9. The van der Waals surface area contributed by atoms with Gasteiger partial charge in [-0.05, 0) is 18.4 Å². The number of aliphatic carboxylic acids is 1. The van der Waals surface area contributed by atoms with Crippen LogP contribution in [-0.4, -0.2) is 57.5 Å². The van der Waals surface area contributed by atoms with Crippen LogP contribution in [0.4, 0.5) is 4.79 Å². The van der Waals surface area contributed by atoms with E-state index in [4.69, 9.17) is 9.84 Å². The number of urea groups is 1. The van der Waals surface area contributed by atoms with E-state index in [2.05, 4.69) is 10.4 Å². The number of carbonyl (C=O) groups excluding carboxylic acids is 1. The van der Waals surface area contributed by atoms with Gasteiger partial charge in [0, 0.05) is 37.8 Å². The third kappa shape index (κ3) is 5.56. The van der Waals surface area contributed by atoms with Crippen molar-refractivity contribution in [1.82, 2.24) is 20.0 Å². The van der Waals surface area contributed by atoms with Gasteiger partial charge in [0.25, 0.3) is 0 Å². The molecule has 2 atom stereocenters. The standard InChI is InChI=1S/C20H26N4O4/c1-23-13-16(12-21-23)18-14-24(9-10-28-18)20(27)22-17(7-8-19(25)26)11-15-5-3-2-4-6-15/h2-6,12-13,17-18H,7-11,14H2,1H3,(H,22,27)(H,25,26). The number of hydrogen-bond acceptors (Lipinski definition) is 4. The molecular weight excluding hydrogens is 360 g/mol. The number of aryl methyl sites for hydroxylation is 1. The van der Waals surface area contributed by atoms with Crippen molar-refractivity contribution in [3.05, 3.63) is 53.9 Å². The molecule has 3 rings (SSSR count). The van der Waals surface area contributed by atoms with Crippen LogP contribution in [0.3, 0.4) is 0 Å². The summed E-state index contributed by atoms with van der Waals surface area (Å²) in [6.07, 6.45) is 4.41. The van der Waals surface area contributed by atoms with E-state index in [9.17, 15) is 9.59 Å². The molecule has 8 heteroatoms. The van der Waals surface area contributed by atoms with Crippen LogP contribution in [0.2, 0.25) is 0 Å². The molecule has 2 N–H and O–H groups in total. The van der Waals surface area contributed by atoms with Crippen molar-refractivity contribution in [3.8, 4) is 0 Å². The first-order valence-electron chi connectivity index (χ1n) is 9.42. The second-order valence-corrected chi connectivity index (χ2v) is 7.02. The van der Waals surface area contributed by atoms with Crippen molar-refractivity contribution in [3.63, 3.8) is 0 Å². The highest BCUT2D eigenvalue weighted by Crippen LogP contribution is 2.21. The first-order valence-corrected chi connectivity index (χ1v) is 9.42. The average Bonchev–Trinajstić information content (AvgIpc) is 3.13. The third-order valence-corrected chi connectivity index (χ3v) is 4.81. The van der Waals surface area contributed by atoms with Crippen LogP contribution >= 0.6 is 0 Å². The molecule has 2 unspecified atom stereocenters. The van der Waals surface area contributed by atoms with Crippen molar-refractivity contribution in [1.29, 1.82) is 0 Å². The van der Waals surface area contributed by atoms with Gasteiger partial charge >= 0.3 is 12.0 Å². The van der Waals surface area contributed by atoms with Crippen LogP contribution in [0.1, 0.15) is 30.1 Å². The van der Waals surface area contributed by atoms with E-state index in [0.29, 0.717) is 32.5 Å². The molecule has 0 aliphatic carbocycles. The minimum atomic E-state index is -0.865. The topological polar surface area (TPSA) is 96.7 Å². The number of carbonyl (C=O) groups is 2. The molecule has 0 spiro atoms. The van der Waals surface area contributed by atoms with Gasteiger partial charge in [-0.1, -0.05) is 30.3 Å². The summed E-state index contributed by atoms with van der Waals surface area (Å²) in [5.41, 5.74) is 2.00. The Labute approximate surface area is 164 Å². The lowest BCUT2D eigenvalue weighted by molar-refractivity contribution is -0.137. The van der Waals surface area contributed by atoms with Gasteiger partial charge < -0.3 is 20.1 Å². The van der Waals surface area contributed by atoms with E-state index in [1.165, 1.54) is 0 Å². The van der Waals surface area contributed by atoms with E-state index in [0.717, 1.165) is 11.1 Å². The molecule has 0 saturated carbocycles. The number of carboxylic acid groups (broad SMARTS) is 1.